The Bertz CT molecular complexity index is 1950. The summed E-state index contributed by atoms with van der Waals surface area (Å²) in [6.07, 6.45) is 8.01. The minimum Gasteiger partial charge on any atom is -0.468 e. The second-order valence-electron chi connectivity index (χ2n) is 20.4. The summed E-state index contributed by atoms with van der Waals surface area (Å²) in [6, 6.07) is 0. The van der Waals surface area contributed by atoms with Crippen LogP contribution in [0.1, 0.15) is 93.9 Å². The quantitative estimate of drug-likeness (QED) is 0.160. The third kappa shape index (κ3) is 11.5. The van der Waals surface area contributed by atoms with Crippen LogP contribution in [0.5, 0.6) is 0 Å². The van der Waals surface area contributed by atoms with E-state index in [9.17, 15) is 24.9 Å². The molecule has 1 spiro atoms. The fraction of sp³-hybridized carbons (Fsp3) is 0.769. The summed E-state index contributed by atoms with van der Waals surface area (Å²) in [6.45, 7) is 16.0. The van der Waals surface area contributed by atoms with Crippen molar-refractivity contribution in [2.75, 3.05) is 39.4 Å². The molecule has 388 valence electrons. The molecule has 6 heterocycles. The van der Waals surface area contributed by atoms with Crippen LogP contribution in [0, 0.1) is 23.7 Å². The highest BCUT2D eigenvalue weighted by Gasteiger charge is 2.60. The van der Waals surface area contributed by atoms with E-state index in [1.165, 1.54) is 26.0 Å². The van der Waals surface area contributed by atoms with Gasteiger partial charge in [0.05, 0.1) is 62.2 Å². The Morgan fingerprint density at radius 2 is 1.70 bits per heavy atom. The van der Waals surface area contributed by atoms with Gasteiger partial charge in [-0.05, 0) is 62.8 Å². The lowest BCUT2D eigenvalue weighted by Crippen LogP contribution is -2.62. The largest absolute Gasteiger partial charge is 0.468 e. The molecule has 20 atom stereocenters. The summed E-state index contributed by atoms with van der Waals surface area (Å²) in [5.41, 5.74) is -1.32. The van der Waals surface area contributed by atoms with Gasteiger partial charge in [-0.25, -0.2) is 0 Å². The monoisotopic (exact) mass is 991 g/mol. The van der Waals surface area contributed by atoms with Gasteiger partial charge in [-0.15, -0.1) is 11.8 Å². The van der Waals surface area contributed by atoms with E-state index in [4.69, 9.17) is 52.1 Å². The van der Waals surface area contributed by atoms with Gasteiger partial charge in [0.2, 0.25) is 0 Å². The molecule has 0 aromatic carbocycles. The number of rotatable bonds is 12. The maximum absolute atomic E-state index is 14.4. The Morgan fingerprint density at radius 1 is 0.942 bits per heavy atom. The smallest absolute Gasteiger partial charge is 0.316 e. The first-order valence-corrected chi connectivity index (χ1v) is 26.0. The average Bonchev–Trinajstić information content (AvgIpc) is 3.66. The van der Waals surface area contributed by atoms with Crippen molar-refractivity contribution >= 4 is 23.7 Å². The minimum atomic E-state index is -1.86. The van der Waals surface area contributed by atoms with E-state index >= 15 is 0 Å². The minimum absolute atomic E-state index is 0.0142. The number of carbonyl (C=O) groups is 2. The first-order chi connectivity index (χ1) is 32.8. The average molecular weight is 991 g/mol. The van der Waals surface area contributed by atoms with E-state index in [0.29, 0.717) is 30.4 Å². The van der Waals surface area contributed by atoms with Crippen LogP contribution in [-0.2, 0) is 61.7 Å². The lowest BCUT2D eigenvalue weighted by atomic mass is 9.71. The zero-order chi connectivity index (χ0) is 50.0. The number of ether oxygens (including phenoxy) is 11. The topological polar surface area (TPSA) is 196 Å². The van der Waals surface area contributed by atoms with Gasteiger partial charge in [0.1, 0.15) is 41.5 Å². The van der Waals surface area contributed by atoms with Crippen molar-refractivity contribution in [3.63, 3.8) is 0 Å². The van der Waals surface area contributed by atoms with Crippen molar-refractivity contribution in [3.8, 4) is 0 Å². The summed E-state index contributed by atoms with van der Waals surface area (Å²) < 4.78 is 69.3. The zero-order valence-electron chi connectivity index (χ0n) is 42.3. The Labute approximate surface area is 412 Å². The highest BCUT2D eigenvalue weighted by atomic mass is 32.2. The molecule has 0 saturated carbocycles. The van der Waals surface area contributed by atoms with E-state index in [1.807, 2.05) is 39.0 Å². The van der Waals surface area contributed by atoms with Gasteiger partial charge < -0.3 is 67.4 Å². The van der Waals surface area contributed by atoms with Crippen molar-refractivity contribution in [2.24, 2.45) is 23.7 Å². The second-order valence-corrected chi connectivity index (χ2v) is 21.4. The summed E-state index contributed by atoms with van der Waals surface area (Å²) in [4.78, 5) is 26.2. The molecule has 0 aromatic heterocycles. The van der Waals surface area contributed by atoms with Crippen molar-refractivity contribution in [1.82, 2.24) is 0 Å². The van der Waals surface area contributed by atoms with Crippen LogP contribution in [0.4, 0.5) is 0 Å². The highest BCUT2D eigenvalue weighted by molar-refractivity contribution is 8.00. The Balaban J connectivity index is 1.13. The molecule has 0 radical (unpaired) electrons. The van der Waals surface area contributed by atoms with Gasteiger partial charge in [0.15, 0.2) is 18.4 Å². The van der Waals surface area contributed by atoms with Crippen LogP contribution in [0.2, 0.25) is 0 Å². The lowest BCUT2D eigenvalue weighted by Gasteiger charge is -2.48. The van der Waals surface area contributed by atoms with Crippen LogP contribution in [0.25, 0.3) is 0 Å². The molecule has 4 saturated heterocycles. The number of hydrogen-bond acceptors (Lipinski definition) is 17. The Kier molecular flexibility index (Phi) is 17.9. The molecule has 6 aliphatic heterocycles. The van der Waals surface area contributed by atoms with Gasteiger partial charge in [-0.1, -0.05) is 70.6 Å². The molecule has 17 heteroatoms. The van der Waals surface area contributed by atoms with E-state index in [2.05, 4.69) is 32.9 Å². The standard InChI is InChI=1S/C52H78O16S/c1-12-28(2)46-31(5)18-19-50(68-46)24-37-21-36(67-50)17-16-30(4)45(29(3)14-13-15-35-25-61-48-44(54)32(6)20-38(49(55)64-37)52(35,48)57)65-42-22-39(58-9)47(33(7)62-42)66-43-23-40(59-10)51(56,34(8)63-43)27-69-26-41(53)60-11/h13-16,18-20,28-29,31,33-34,36-40,42-48,54,56-57H,12,17,21-27H2,1-11H3/b14-13+,30-16+,35-15+/t28?,29-,31-,33-,34-,36+,37-,38-,39-,40-,42-,43-,44+,45-,46+,47-,48+,50+,51+,52+/m0/s1. The third-order valence-corrected chi connectivity index (χ3v) is 16.7. The molecule has 1 aliphatic carbocycles. The van der Waals surface area contributed by atoms with E-state index in [1.54, 1.807) is 33.1 Å². The fourth-order valence-corrected chi connectivity index (χ4v) is 12.4. The number of thioether (sulfide) groups is 1. The van der Waals surface area contributed by atoms with Crippen LogP contribution in [-0.4, -0.2) is 163 Å². The molecular weight excluding hydrogens is 913 g/mol. The normalized spacial score (nSPS) is 46.3. The lowest BCUT2D eigenvalue weighted by molar-refractivity contribution is -0.329. The molecule has 3 N–H and O–H groups in total. The van der Waals surface area contributed by atoms with Crippen molar-refractivity contribution in [3.05, 3.63) is 59.3 Å². The molecule has 7 aliphatic rings. The molecule has 0 amide bonds. The molecule has 69 heavy (non-hydrogen) atoms. The Hall–Kier alpha value is -2.49. The molecule has 0 aromatic rings. The summed E-state index contributed by atoms with van der Waals surface area (Å²) in [5.74, 6) is -2.78. The summed E-state index contributed by atoms with van der Waals surface area (Å²) >= 11 is 1.25. The van der Waals surface area contributed by atoms with E-state index in [-0.39, 0.29) is 60.8 Å². The van der Waals surface area contributed by atoms with Crippen molar-refractivity contribution < 1.29 is 77.0 Å². The van der Waals surface area contributed by atoms with Crippen LogP contribution in [0.3, 0.4) is 0 Å². The SMILES string of the molecule is CCC(C)[C@H]1O[C@]2(C=C[C@@H]1C)C[C@@H]1C[C@@H](C/C=C(\C)[C@@H](O[C@H]3C[C@H](OC)[C@@H](O[C@H]4C[C@H](OC)[C@@](O)(CSCC(=O)OC)[C@H](C)O4)[C@H](C)O3)[C@@H](C)/C=C/C=C3\CO[C@@H]4[C@H](O)C(C)=C[C@@H](C(=O)O1)[C@]34O)O2. The fourth-order valence-electron chi connectivity index (χ4n) is 11.2. The summed E-state index contributed by atoms with van der Waals surface area (Å²) in [7, 11) is 4.49. The number of methoxy groups -OCH3 is 3. The first kappa shape index (κ1) is 54.3. The van der Waals surface area contributed by atoms with Gasteiger partial charge in [-0.3, -0.25) is 9.59 Å². The maximum Gasteiger partial charge on any atom is 0.316 e. The van der Waals surface area contributed by atoms with Gasteiger partial charge >= 0.3 is 11.9 Å². The number of aliphatic hydroxyl groups excluding tert-OH is 1. The zero-order valence-corrected chi connectivity index (χ0v) is 43.1. The van der Waals surface area contributed by atoms with Gasteiger partial charge in [0, 0.05) is 57.5 Å². The first-order valence-electron chi connectivity index (χ1n) is 24.8. The second kappa shape index (κ2) is 22.7. The number of hydrogen-bond donors (Lipinski definition) is 3. The number of fused-ring (bicyclic) bond motifs is 2. The maximum atomic E-state index is 14.4. The number of carbonyl (C=O) groups excluding carboxylic acids is 2. The molecule has 16 nitrogen and oxygen atoms in total. The predicted octanol–water partition coefficient (Wildman–Crippen LogP) is 5.65. The molecular formula is C52H78O16S. The molecule has 1 unspecified atom stereocenters. The number of esters is 2. The molecule has 4 fully saturated rings. The molecule has 2 bridgehead atoms. The number of aliphatic hydroxyl groups is 3. The summed E-state index contributed by atoms with van der Waals surface area (Å²) in [5, 5.41) is 35.5. The van der Waals surface area contributed by atoms with E-state index < -0.39 is 102 Å². The highest BCUT2D eigenvalue weighted by Crippen LogP contribution is 2.47. The van der Waals surface area contributed by atoms with Crippen molar-refractivity contribution in [1.29, 1.82) is 0 Å². The Morgan fingerprint density at radius 3 is 2.41 bits per heavy atom. The van der Waals surface area contributed by atoms with E-state index in [0.717, 1.165) is 12.0 Å². The van der Waals surface area contributed by atoms with Crippen molar-refractivity contribution in [2.45, 2.75) is 191 Å². The van der Waals surface area contributed by atoms with Crippen LogP contribution < -0.4 is 0 Å². The van der Waals surface area contributed by atoms with Gasteiger partial charge in [-0.2, -0.15) is 0 Å². The predicted molar refractivity (Wildman–Crippen MR) is 256 cm³/mol. The third-order valence-electron chi connectivity index (χ3n) is 15.6. The van der Waals surface area contributed by atoms with Crippen LogP contribution >= 0.6 is 11.8 Å². The van der Waals surface area contributed by atoms with Crippen LogP contribution in [0.15, 0.2) is 59.3 Å². The van der Waals surface area contributed by atoms with Gasteiger partial charge in [0.25, 0.3) is 0 Å². The number of allylic oxidation sites excluding steroid dienone is 2. The molecule has 7 rings (SSSR count).